The Labute approximate surface area is 202 Å². The van der Waals surface area contributed by atoms with Crippen LogP contribution in [0.3, 0.4) is 0 Å². The van der Waals surface area contributed by atoms with Crippen LogP contribution < -0.4 is 10.1 Å². The summed E-state index contributed by atoms with van der Waals surface area (Å²) in [6.07, 6.45) is 1.71. The lowest BCUT2D eigenvalue weighted by Gasteiger charge is -2.21. The molecule has 0 atom stereocenters. The molecule has 1 aliphatic rings. The van der Waals surface area contributed by atoms with E-state index in [1.807, 2.05) is 30.3 Å². The van der Waals surface area contributed by atoms with Crippen LogP contribution in [0.2, 0.25) is 5.02 Å². The first-order valence-electron chi connectivity index (χ1n) is 10.9. The summed E-state index contributed by atoms with van der Waals surface area (Å²) in [5, 5.41) is 13.3. The maximum absolute atomic E-state index is 12.9. The zero-order chi connectivity index (χ0) is 23.7. The van der Waals surface area contributed by atoms with Crippen molar-refractivity contribution in [1.82, 2.24) is 9.97 Å². The normalized spacial score (nSPS) is 11.9. The fraction of sp³-hybridized carbons (Fsp3) is 0.148. The molecule has 5 rings (SSSR count). The smallest absolute Gasteiger partial charge is 0.230 e. The first-order chi connectivity index (χ1) is 16.5. The number of anilines is 1. The molecule has 0 fully saturated rings. The van der Waals surface area contributed by atoms with E-state index in [1.165, 1.54) is 0 Å². The molecule has 0 bridgehead atoms. The summed E-state index contributed by atoms with van der Waals surface area (Å²) in [4.78, 5) is 22.7. The van der Waals surface area contributed by atoms with E-state index >= 15 is 0 Å². The minimum absolute atomic E-state index is 0.153. The van der Waals surface area contributed by atoms with Crippen LogP contribution in [0.15, 0.2) is 66.7 Å². The number of carbonyl (C=O) groups excluding carboxylic acids is 1. The molecule has 1 heterocycles. The van der Waals surface area contributed by atoms with Gasteiger partial charge in [-0.1, -0.05) is 23.7 Å². The number of rotatable bonds is 5. The Bertz CT molecular complexity index is 1370. The summed E-state index contributed by atoms with van der Waals surface area (Å²) in [6.45, 7) is 0. The Morgan fingerprint density at radius 1 is 1.00 bits per heavy atom. The molecule has 170 valence electrons. The Kier molecular flexibility index (Phi) is 5.90. The second-order valence-electron chi connectivity index (χ2n) is 8.14. The van der Waals surface area contributed by atoms with Crippen LogP contribution in [0, 0.1) is 0 Å². The number of hydrogen-bond acceptors (Lipinski definition) is 5. The lowest BCUT2D eigenvalue weighted by molar-refractivity contribution is -0.115. The SMILES string of the molecule is COc1ccc2c(c1)CCc1nc(NC(=O)Cc3ccc(Cl)cc3)c(-c3ccc(O)cc3)nc1-2. The molecule has 7 heteroatoms. The highest BCUT2D eigenvalue weighted by atomic mass is 35.5. The maximum atomic E-state index is 12.9. The van der Waals surface area contributed by atoms with Crippen LogP contribution in [-0.4, -0.2) is 28.1 Å². The minimum atomic E-state index is -0.197. The molecule has 1 amide bonds. The van der Waals surface area contributed by atoms with Crippen LogP contribution >= 0.6 is 11.6 Å². The summed E-state index contributed by atoms with van der Waals surface area (Å²) in [7, 11) is 1.65. The molecule has 0 saturated heterocycles. The summed E-state index contributed by atoms with van der Waals surface area (Å²) >= 11 is 5.95. The number of benzene rings is 3. The number of nitrogens with zero attached hydrogens (tertiary/aromatic N) is 2. The Morgan fingerprint density at radius 3 is 2.50 bits per heavy atom. The maximum Gasteiger partial charge on any atom is 0.230 e. The van der Waals surface area contributed by atoms with Gasteiger partial charge in [0.15, 0.2) is 5.82 Å². The molecule has 1 aromatic heterocycles. The Hall–Kier alpha value is -3.90. The third kappa shape index (κ3) is 4.45. The number of carbonyl (C=O) groups is 1. The standard InChI is InChI=1S/C27H22ClN3O3/c1-34-21-11-12-22-18(15-21)6-13-23-26(22)31-25(17-4-9-20(32)10-5-17)27(29-23)30-24(33)14-16-2-7-19(28)8-3-16/h2-5,7-12,15,32H,6,13-14H2,1H3,(H,29,30,33). The van der Waals surface area contributed by atoms with Crippen molar-refractivity contribution in [3.8, 4) is 34.0 Å². The molecule has 0 spiro atoms. The number of halogens is 1. The number of aromatic nitrogens is 2. The van der Waals surface area contributed by atoms with Gasteiger partial charge in [-0.15, -0.1) is 0 Å². The second-order valence-corrected chi connectivity index (χ2v) is 8.57. The fourth-order valence-electron chi connectivity index (χ4n) is 4.12. The van der Waals surface area contributed by atoms with E-state index < -0.39 is 0 Å². The van der Waals surface area contributed by atoms with Crippen LogP contribution in [0.1, 0.15) is 16.8 Å². The molecule has 1 aliphatic carbocycles. The van der Waals surface area contributed by atoms with Gasteiger partial charge in [0.05, 0.1) is 24.9 Å². The van der Waals surface area contributed by atoms with Crippen molar-refractivity contribution >= 4 is 23.3 Å². The van der Waals surface area contributed by atoms with E-state index in [9.17, 15) is 9.90 Å². The average Bonchev–Trinajstić information content (AvgIpc) is 2.85. The van der Waals surface area contributed by atoms with Gasteiger partial charge in [0.2, 0.25) is 5.91 Å². The summed E-state index contributed by atoms with van der Waals surface area (Å²) in [5.41, 5.74) is 5.93. The van der Waals surface area contributed by atoms with Crippen molar-refractivity contribution in [2.24, 2.45) is 0 Å². The molecule has 0 aliphatic heterocycles. The molecular formula is C27H22ClN3O3. The van der Waals surface area contributed by atoms with Gasteiger partial charge in [0.25, 0.3) is 0 Å². The van der Waals surface area contributed by atoms with Gasteiger partial charge in [-0.3, -0.25) is 4.79 Å². The second kappa shape index (κ2) is 9.15. The van der Waals surface area contributed by atoms with E-state index in [4.69, 9.17) is 26.3 Å². The van der Waals surface area contributed by atoms with Crippen molar-refractivity contribution < 1.29 is 14.6 Å². The number of aryl methyl sites for hydroxylation is 2. The lowest BCUT2D eigenvalue weighted by atomic mass is 9.91. The Morgan fingerprint density at radius 2 is 1.76 bits per heavy atom. The topological polar surface area (TPSA) is 84.3 Å². The molecule has 0 saturated carbocycles. The molecule has 2 N–H and O–H groups in total. The summed E-state index contributed by atoms with van der Waals surface area (Å²) in [6, 6.07) is 19.8. The highest BCUT2D eigenvalue weighted by Gasteiger charge is 2.23. The number of phenols is 1. The van der Waals surface area contributed by atoms with E-state index in [0.717, 1.165) is 45.8 Å². The van der Waals surface area contributed by atoms with Gasteiger partial charge in [-0.05, 0) is 78.6 Å². The van der Waals surface area contributed by atoms with Crippen LogP contribution in [0.4, 0.5) is 5.82 Å². The fourth-order valence-corrected chi connectivity index (χ4v) is 4.25. The molecule has 3 aromatic carbocycles. The molecule has 4 aromatic rings. The van der Waals surface area contributed by atoms with Crippen LogP contribution in [0.5, 0.6) is 11.5 Å². The average molecular weight is 472 g/mol. The largest absolute Gasteiger partial charge is 0.508 e. The highest BCUT2D eigenvalue weighted by Crippen LogP contribution is 2.37. The number of fused-ring (bicyclic) bond motifs is 3. The van der Waals surface area contributed by atoms with Gasteiger partial charge < -0.3 is 15.2 Å². The predicted octanol–water partition coefficient (Wildman–Crippen LogP) is 5.46. The first kappa shape index (κ1) is 21.9. The van der Waals surface area contributed by atoms with Gasteiger partial charge in [0, 0.05) is 16.1 Å². The van der Waals surface area contributed by atoms with E-state index in [2.05, 4.69) is 5.32 Å². The van der Waals surface area contributed by atoms with Crippen molar-refractivity contribution in [2.45, 2.75) is 19.3 Å². The van der Waals surface area contributed by atoms with Gasteiger partial charge in [-0.2, -0.15) is 0 Å². The number of hydrogen-bond donors (Lipinski definition) is 2. The number of phenolic OH excluding ortho intramolecular Hbond substituents is 1. The number of amides is 1. The number of aromatic hydroxyl groups is 1. The van der Waals surface area contributed by atoms with Crippen molar-refractivity contribution in [3.05, 3.63) is 88.6 Å². The third-order valence-corrected chi connectivity index (χ3v) is 6.10. The Balaban J connectivity index is 1.55. The third-order valence-electron chi connectivity index (χ3n) is 5.84. The lowest BCUT2D eigenvalue weighted by Crippen LogP contribution is -2.18. The highest BCUT2D eigenvalue weighted by molar-refractivity contribution is 6.30. The summed E-state index contributed by atoms with van der Waals surface area (Å²) < 4.78 is 5.38. The van der Waals surface area contributed by atoms with E-state index in [1.54, 1.807) is 43.5 Å². The monoisotopic (exact) mass is 471 g/mol. The van der Waals surface area contributed by atoms with Crippen molar-refractivity contribution in [1.29, 1.82) is 0 Å². The van der Waals surface area contributed by atoms with E-state index in [-0.39, 0.29) is 18.1 Å². The van der Waals surface area contributed by atoms with Crippen molar-refractivity contribution in [3.63, 3.8) is 0 Å². The van der Waals surface area contributed by atoms with Crippen molar-refractivity contribution in [2.75, 3.05) is 12.4 Å². The molecular weight excluding hydrogens is 450 g/mol. The van der Waals surface area contributed by atoms with E-state index in [0.29, 0.717) is 23.0 Å². The predicted molar refractivity (Wildman–Crippen MR) is 132 cm³/mol. The van der Waals surface area contributed by atoms with Gasteiger partial charge in [0.1, 0.15) is 17.2 Å². The van der Waals surface area contributed by atoms with Gasteiger partial charge >= 0.3 is 0 Å². The number of methoxy groups -OCH3 is 1. The quantitative estimate of drug-likeness (QED) is 0.404. The van der Waals surface area contributed by atoms with Crippen LogP contribution in [-0.2, 0) is 24.1 Å². The first-order valence-corrected chi connectivity index (χ1v) is 11.3. The number of nitrogens with one attached hydrogen (secondary N) is 1. The molecule has 0 radical (unpaired) electrons. The van der Waals surface area contributed by atoms with Gasteiger partial charge in [-0.25, -0.2) is 9.97 Å². The molecule has 0 unspecified atom stereocenters. The van der Waals surface area contributed by atoms with Crippen LogP contribution in [0.25, 0.3) is 22.5 Å². The summed E-state index contributed by atoms with van der Waals surface area (Å²) in [5.74, 6) is 1.17. The number of ether oxygens (including phenoxy) is 1. The zero-order valence-corrected chi connectivity index (χ0v) is 19.3. The molecule has 34 heavy (non-hydrogen) atoms. The molecule has 6 nitrogen and oxygen atoms in total. The zero-order valence-electron chi connectivity index (χ0n) is 18.5. The minimum Gasteiger partial charge on any atom is -0.508 e.